The van der Waals surface area contributed by atoms with E-state index in [4.69, 9.17) is 0 Å². The van der Waals surface area contributed by atoms with Gasteiger partial charge in [-0.15, -0.1) is 0 Å². The summed E-state index contributed by atoms with van der Waals surface area (Å²) in [6.07, 6.45) is 10.9. The Morgan fingerprint density at radius 1 is 1.04 bits per heavy atom. The highest BCUT2D eigenvalue weighted by molar-refractivity contribution is 5.92. The van der Waals surface area contributed by atoms with E-state index in [1.807, 2.05) is 6.07 Å². The average Bonchev–Trinajstić information content (AvgIpc) is 2.65. The molecule has 25 heavy (non-hydrogen) atoms. The zero-order valence-corrected chi connectivity index (χ0v) is 15.1. The number of allylic oxidation sites excluding steroid dienone is 6. The van der Waals surface area contributed by atoms with Gasteiger partial charge in [-0.05, 0) is 48.3 Å². The van der Waals surface area contributed by atoms with Crippen molar-refractivity contribution in [3.05, 3.63) is 102 Å². The molecule has 0 radical (unpaired) electrons. The van der Waals surface area contributed by atoms with Crippen molar-refractivity contribution in [2.45, 2.75) is 26.7 Å². The van der Waals surface area contributed by atoms with Crippen LogP contribution >= 0.6 is 0 Å². The van der Waals surface area contributed by atoms with Gasteiger partial charge in [0.1, 0.15) is 0 Å². The first-order valence-electron chi connectivity index (χ1n) is 8.92. The minimum Gasteiger partial charge on any atom is -0.321 e. The molecule has 0 spiro atoms. The fourth-order valence-corrected chi connectivity index (χ4v) is 3.22. The maximum absolute atomic E-state index is 4.34. The zero-order chi connectivity index (χ0) is 17.6. The molecule has 1 heteroatoms. The van der Waals surface area contributed by atoms with Crippen LogP contribution in [0.5, 0.6) is 0 Å². The number of hydrogen-bond donors (Lipinski definition) is 0. The molecule has 1 aliphatic heterocycles. The molecule has 0 amide bonds. The lowest BCUT2D eigenvalue weighted by Crippen LogP contribution is -2.17. The van der Waals surface area contributed by atoms with E-state index < -0.39 is 0 Å². The van der Waals surface area contributed by atoms with Crippen LogP contribution in [0.15, 0.2) is 91.3 Å². The van der Waals surface area contributed by atoms with Crippen LogP contribution in [0.2, 0.25) is 0 Å². The van der Waals surface area contributed by atoms with Crippen LogP contribution in [0, 0.1) is 0 Å². The summed E-state index contributed by atoms with van der Waals surface area (Å²) in [5.41, 5.74) is 7.10. The summed E-state index contributed by atoms with van der Waals surface area (Å²) in [6, 6.07) is 19.0. The molecule has 0 atom stereocenters. The maximum atomic E-state index is 4.34. The predicted octanol–water partition coefficient (Wildman–Crippen LogP) is 6.82. The maximum Gasteiger partial charge on any atom is 0.0530 e. The third-order valence-electron chi connectivity index (χ3n) is 4.50. The summed E-state index contributed by atoms with van der Waals surface area (Å²) >= 11 is 0. The third kappa shape index (κ3) is 3.66. The highest BCUT2D eigenvalue weighted by Gasteiger charge is 2.16. The van der Waals surface area contributed by atoms with Gasteiger partial charge in [0.2, 0.25) is 0 Å². The van der Waals surface area contributed by atoms with E-state index in [0.29, 0.717) is 0 Å². The van der Waals surface area contributed by atoms with Gasteiger partial charge in [-0.1, -0.05) is 74.5 Å². The lowest BCUT2D eigenvalue weighted by Gasteiger charge is -2.28. The van der Waals surface area contributed by atoms with Crippen molar-refractivity contribution in [1.29, 1.82) is 0 Å². The lowest BCUT2D eigenvalue weighted by atomic mass is 9.96. The number of nitrogens with zero attached hydrogens (tertiary/aromatic N) is 1. The molecule has 0 N–H and O–H groups in total. The van der Waals surface area contributed by atoms with Gasteiger partial charge in [-0.2, -0.15) is 0 Å². The van der Waals surface area contributed by atoms with Crippen LogP contribution < -0.4 is 4.90 Å². The smallest absolute Gasteiger partial charge is 0.0530 e. The number of benzene rings is 2. The van der Waals surface area contributed by atoms with Gasteiger partial charge in [0.05, 0.1) is 5.69 Å². The minimum absolute atomic E-state index is 1.04. The number of fused-ring (bicyclic) bond motifs is 1. The Hall–Kier alpha value is -2.80. The number of anilines is 1. The standard InChI is InChI=1S/C24H25N/c1-4-11-22(5-2)25-17-16-21(20-12-7-6-8-13-20)18-19(3)23-14-9-10-15-24(23)25/h5-10,12-18H,3-4,11H2,1-2H3/b17-16-,21-18+,22-5+. The van der Waals surface area contributed by atoms with E-state index >= 15 is 0 Å². The summed E-state index contributed by atoms with van der Waals surface area (Å²) in [4.78, 5) is 2.31. The third-order valence-corrected chi connectivity index (χ3v) is 4.50. The van der Waals surface area contributed by atoms with Crippen molar-refractivity contribution >= 4 is 16.8 Å². The van der Waals surface area contributed by atoms with Crippen molar-refractivity contribution in [3.8, 4) is 0 Å². The minimum atomic E-state index is 1.04. The Bertz CT molecular complexity index is 837. The van der Waals surface area contributed by atoms with Gasteiger partial charge in [0.15, 0.2) is 0 Å². The van der Waals surface area contributed by atoms with Gasteiger partial charge in [-0.25, -0.2) is 0 Å². The molecule has 0 bridgehead atoms. The molecule has 2 aromatic carbocycles. The molecule has 1 nitrogen and oxygen atoms in total. The Labute approximate surface area is 151 Å². The quantitative estimate of drug-likeness (QED) is 0.595. The summed E-state index contributed by atoms with van der Waals surface area (Å²) in [5, 5.41) is 0. The largest absolute Gasteiger partial charge is 0.321 e. The van der Waals surface area contributed by atoms with E-state index in [2.05, 4.69) is 98.3 Å². The Morgan fingerprint density at radius 2 is 1.76 bits per heavy atom. The van der Waals surface area contributed by atoms with Crippen LogP contribution in [0.3, 0.4) is 0 Å². The number of hydrogen-bond acceptors (Lipinski definition) is 1. The fraction of sp³-hybridized carbons (Fsp3) is 0.167. The molecule has 2 aromatic rings. The second kappa shape index (κ2) is 7.85. The summed E-state index contributed by atoms with van der Waals surface area (Å²) in [7, 11) is 0. The number of rotatable bonds is 4. The van der Waals surface area contributed by atoms with Crippen LogP contribution in [0.1, 0.15) is 37.8 Å². The molecule has 0 unspecified atom stereocenters. The number of para-hydroxylation sites is 1. The van der Waals surface area contributed by atoms with Crippen LogP contribution in [0.25, 0.3) is 11.1 Å². The SMILES string of the molecule is C=C1/C=C(c2ccccc2)\C=C/N(/C(=C/C)CCC)c2ccccc21. The van der Waals surface area contributed by atoms with E-state index in [0.717, 1.165) is 18.4 Å². The van der Waals surface area contributed by atoms with Crippen molar-refractivity contribution in [2.24, 2.45) is 0 Å². The molecule has 1 aliphatic rings. The molecular formula is C24H25N. The van der Waals surface area contributed by atoms with E-state index in [-0.39, 0.29) is 0 Å². The highest BCUT2D eigenvalue weighted by Crippen LogP contribution is 2.35. The zero-order valence-electron chi connectivity index (χ0n) is 15.1. The predicted molar refractivity (Wildman–Crippen MR) is 110 cm³/mol. The molecule has 0 saturated heterocycles. The van der Waals surface area contributed by atoms with E-state index in [1.54, 1.807) is 0 Å². The van der Waals surface area contributed by atoms with Crippen molar-refractivity contribution in [3.63, 3.8) is 0 Å². The monoisotopic (exact) mass is 327 g/mol. The van der Waals surface area contributed by atoms with Crippen LogP contribution in [-0.4, -0.2) is 0 Å². The van der Waals surface area contributed by atoms with Crippen molar-refractivity contribution in [2.75, 3.05) is 4.90 Å². The lowest BCUT2D eigenvalue weighted by molar-refractivity contribution is 0.870. The van der Waals surface area contributed by atoms with Gasteiger partial charge in [-0.3, -0.25) is 0 Å². The normalized spacial score (nSPS) is 18.0. The summed E-state index contributed by atoms with van der Waals surface area (Å²) in [6.45, 7) is 8.68. The van der Waals surface area contributed by atoms with Gasteiger partial charge < -0.3 is 4.90 Å². The molecule has 0 fully saturated rings. The van der Waals surface area contributed by atoms with Crippen molar-refractivity contribution in [1.82, 2.24) is 0 Å². The first-order chi connectivity index (χ1) is 12.2. The first-order valence-corrected chi connectivity index (χ1v) is 8.92. The van der Waals surface area contributed by atoms with Crippen LogP contribution in [0.4, 0.5) is 5.69 Å². The second-order valence-electron chi connectivity index (χ2n) is 6.22. The molecule has 0 aromatic heterocycles. The Kier molecular flexibility index (Phi) is 5.35. The first kappa shape index (κ1) is 17.0. The molecule has 126 valence electrons. The summed E-state index contributed by atoms with van der Waals surface area (Å²) < 4.78 is 0. The summed E-state index contributed by atoms with van der Waals surface area (Å²) in [5.74, 6) is 0. The molecule has 3 rings (SSSR count). The molecule has 0 aliphatic carbocycles. The molecule has 1 heterocycles. The fourth-order valence-electron chi connectivity index (χ4n) is 3.22. The van der Waals surface area contributed by atoms with Crippen molar-refractivity contribution < 1.29 is 0 Å². The Balaban J connectivity index is 2.15. The molecular weight excluding hydrogens is 302 g/mol. The second-order valence-corrected chi connectivity index (χ2v) is 6.22. The molecule has 0 saturated carbocycles. The van der Waals surface area contributed by atoms with Crippen LogP contribution in [-0.2, 0) is 0 Å². The van der Waals surface area contributed by atoms with Gasteiger partial charge in [0, 0.05) is 17.5 Å². The average molecular weight is 327 g/mol. The van der Waals surface area contributed by atoms with E-state index in [1.165, 1.54) is 28.1 Å². The highest BCUT2D eigenvalue weighted by atomic mass is 15.1. The van der Waals surface area contributed by atoms with Gasteiger partial charge >= 0.3 is 0 Å². The Morgan fingerprint density at radius 3 is 2.48 bits per heavy atom. The van der Waals surface area contributed by atoms with Gasteiger partial charge in [0.25, 0.3) is 0 Å². The topological polar surface area (TPSA) is 3.24 Å². The van der Waals surface area contributed by atoms with E-state index in [9.17, 15) is 0 Å².